The molecule has 0 aromatic heterocycles. The van der Waals surface area contributed by atoms with Crippen molar-refractivity contribution in [1.29, 1.82) is 0 Å². The first-order chi connectivity index (χ1) is 10.3. The van der Waals surface area contributed by atoms with E-state index < -0.39 is 22.9 Å². The molecule has 1 aromatic carbocycles. The molecule has 2 atom stereocenters. The van der Waals surface area contributed by atoms with Crippen molar-refractivity contribution in [1.82, 2.24) is 0 Å². The van der Waals surface area contributed by atoms with Gasteiger partial charge in [-0.3, -0.25) is 14.9 Å². The Labute approximate surface area is 126 Å². The fourth-order valence-electron chi connectivity index (χ4n) is 3.25. The highest BCUT2D eigenvalue weighted by atomic mass is 19.1. The quantitative estimate of drug-likeness (QED) is 0.621. The van der Waals surface area contributed by atoms with Gasteiger partial charge >= 0.3 is 6.23 Å². The molecular formula is C16H16FNO4. The molecule has 116 valence electrons. The number of hydrogen-bond donors (Lipinski definition) is 0. The number of benzene rings is 1. The molecule has 1 aliphatic carbocycles. The highest BCUT2D eigenvalue weighted by Crippen LogP contribution is 2.48. The van der Waals surface area contributed by atoms with Gasteiger partial charge in [-0.25, -0.2) is 4.39 Å². The number of ketones is 1. The molecule has 3 rings (SSSR count). The van der Waals surface area contributed by atoms with Gasteiger partial charge in [-0.1, -0.05) is 26.0 Å². The van der Waals surface area contributed by atoms with E-state index in [1.807, 2.05) is 13.8 Å². The van der Waals surface area contributed by atoms with Crippen molar-refractivity contribution in [3.8, 4) is 0 Å². The lowest BCUT2D eigenvalue weighted by Gasteiger charge is -2.28. The van der Waals surface area contributed by atoms with Gasteiger partial charge in [0.2, 0.25) is 0 Å². The van der Waals surface area contributed by atoms with E-state index >= 15 is 0 Å². The Morgan fingerprint density at radius 1 is 1.27 bits per heavy atom. The van der Waals surface area contributed by atoms with Gasteiger partial charge < -0.3 is 4.74 Å². The van der Waals surface area contributed by atoms with Crippen LogP contribution in [0.25, 0.3) is 0 Å². The molecule has 1 aliphatic heterocycles. The Kier molecular flexibility index (Phi) is 3.27. The fraction of sp³-hybridized carbons (Fsp3) is 0.438. The van der Waals surface area contributed by atoms with Crippen LogP contribution in [0.2, 0.25) is 0 Å². The summed E-state index contributed by atoms with van der Waals surface area (Å²) in [7, 11) is 0. The van der Waals surface area contributed by atoms with E-state index in [1.54, 1.807) is 0 Å². The molecule has 0 amide bonds. The number of halogens is 1. The van der Waals surface area contributed by atoms with E-state index in [1.165, 1.54) is 24.3 Å². The Balaban J connectivity index is 2.07. The first-order valence-electron chi connectivity index (χ1n) is 7.10. The maximum absolute atomic E-state index is 13.1. The second-order valence-corrected chi connectivity index (χ2v) is 6.60. The number of nitro groups is 1. The lowest BCUT2D eigenvalue weighted by molar-refractivity contribution is -0.570. The number of Topliss-reactive ketones (excluding diaryl/α,β-unsaturated/α-hetero) is 1. The van der Waals surface area contributed by atoms with E-state index in [0.717, 1.165) is 0 Å². The summed E-state index contributed by atoms with van der Waals surface area (Å²) in [5.74, 6) is -0.901. The van der Waals surface area contributed by atoms with Crippen molar-refractivity contribution in [2.24, 2.45) is 5.41 Å². The van der Waals surface area contributed by atoms with Crippen LogP contribution in [-0.2, 0) is 9.53 Å². The lowest BCUT2D eigenvalue weighted by atomic mass is 9.73. The van der Waals surface area contributed by atoms with Crippen molar-refractivity contribution in [2.45, 2.75) is 38.8 Å². The number of ether oxygens (including phenoxy) is 1. The van der Waals surface area contributed by atoms with Crippen LogP contribution >= 0.6 is 0 Å². The number of carbonyl (C=O) groups excluding carboxylic acids is 1. The number of allylic oxidation sites excluding steroid dienone is 1. The molecule has 6 heteroatoms. The van der Waals surface area contributed by atoms with Crippen LogP contribution in [0.3, 0.4) is 0 Å². The Hall–Kier alpha value is -2.24. The molecule has 2 aliphatic rings. The smallest absolute Gasteiger partial charge is 0.364 e. The summed E-state index contributed by atoms with van der Waals surface area (Å²) in [5, 5.41) is 11.3. The highest BCUT2D eigenvalue weighted by Gasteiger charge is 2.51. The van der Waals surface area contributed by atoms with Crippen LogP contribution < -0.4 is 0 Å². The second-order valence-electron chi connectivity index (χ2n) is 6.60. The van der Waals surface area contributed by atoms with Crippen molar-refractivity contribution >= 4 is 5.78 Å². The Bertz CT molecular complexity index is 678. The van der Waals surface area contributed by atoms with E-state index in [-0.39, 0.29) is 11.2 Å². The monoisotopic (exact) mass is 305 g/mol. The molecule has 0 saturated carbocycles. The Morgan fingerprint density at radius 2 is 1.91 bits per heavy atom. The van der Waals surface area contributed by atoms with Gasteiger partial charge in [0.1, 0.15) is 17.5 Å². The average molecular weight is 305 g/mol. The first-order valence-corrected chi connectivity index (χ1v) is 7.10. The first kappa shape index (κ1) is 14.7. The summed E-state index contributed by atoms with van der Waals surface area (Å²) in [6, 6.07) is 5.43. The lowest BCUT2D eigenvalue weighted by Crippen LogP contribution is -2.28. The molecule has 0 fully saturated rings. The molecular weight excluding hydrogens is 289 g/mol. The maximum Gasteiger partial charge on any atom is 0.364 e. The number of rotatable bonds is 2. The molecule has 0 unspecified atom stereocenters. The molecule has 0 radical (unpaired) electrons. The average Bonchev–Trinajstić information content (AvgIpc) is 2.77. The summed E-state index contributed by atoms with van der Waals surface area (Å²) < 4.78 is 18.6. The minimum atomic E-state index is -1.33. The molecule has 0 bridgehead atoms. The minimum Gasteiger partial charge on any atom is -0.433 e. The molecule has 0 N–H and O–H groups in total. The summed E-state index contributed by atoms with van der Waals surface area (Å²) in [6.07, 6.45) is -0.499. The molecule has 22 heavy (non-hydrogen) atoms. The number of carbonyl (C=O) groups is 1. The molecule has 5 nitrogen and oxygen atoms in total. The van der Waals surface area contributed by atoms with E-state index in [0.29, 0.717) is 29.7 Å². The van der Waals surface area contributed by atoms with Crippen molar-refractivity contribution in [3.63, 3.8) is 0 Å². The van der Waals surface area contributed by atoms with Crippen LogP contribution in [0, 0.1) is 21.3 Å². The van der Waals surface area contributed by atoms with Gasteiger partial charge in [0.25, 0.3) is 0 Å². The summed E-state index contributed by atoms with van der Waals surface area (Å²) in [6.45, 7) is 3.87. The SMILES string of the molecule is CC1(C)CC(=O)C2=C(C1)O[C@H]([N+](=O)[O-])[C@H]2c1ccc(F)cc1. The molecule has 0 saturated heterocycles. The van der Waals surface area contributed by atoms with Gasteiger partial charge in [0, 0.05) is 12.8 Å². The van der Waals surface area contributed by atoms with Crippen LogP contribution in [0.15, 0.2) is 35.6 Å². The topological polar surface area (TPSA) is 69.4 Å². The number of nitrogens with zero attached hydrogens (tertiary/aromatic N) is 1. The predicted molar refractivity (Wildman–Crippen MR) is 76.1 cm³/mol. The van der Waals surface area contributed by atoms with Crippen LogP contribution in [0.5, 0.6) is 0 Å². The third-order valence-corrected chi connectivity index (χ3v) is 4.18. The van der Waals surface area contributed by atoms with Crippen LogP contribution in [-0.4, -0.2) is 16.9 Å². The van der Waals surface area contributed by atoms with Gasteiger partial charge in [-0.05, 0) is 23.1 Å². The third-order valence-electron chi connectivity index (χ3n) is 4.18. The largest absolute Gasteiger partial charge is 0.433 e. The van der Waals surface area contributed by atoms with Gasteiger partial charge in [-0.2, -0.15) is 0 Å². The van der Waals surface area contributed by atoms with Crippen molar-refractivity contribution in [3.05, 3.63) is 57.1 Å². The molecule has 0 spiro atoms. The third kappa shape index (κ3) is 2.38. The standard InChI is InChI=1S/C16H16FNO4/c1-16(2)7-11(19)14-12(8-16)22-15(18(20)21)13(14)9-3-5-10(17)6-4-9/h3-6,13,15H,7-8H2,1-2H3/t13-,15-/m0/s1. The van der Waals surface area contributed by atoms with Gasteiger partial charge in [0.15, 0.2) is 5.78 Å². The van der Waals surface area contributed by atoms with Gasteiger partial charge in [-0.15, -0.1) is 0 Å². The second kappa shape index (κ2) is 4.90. The fourth-order valence-corrected chi connectivity index (χ4v) is 3.25. The normalized spacial score (nSPS) is 26.6. The van der Waals surface area contributed by atoms with E-state index in [9.17, 15) is 19.3 Å². The molecule has 1 heterocycles. The zero-order valence-corrected chi connectivity index (χ0v) is 12.3. The van der Waals surface area contributed by atoms with Crippen LogP contribution in [0.4, 0.5) is 4.39 Å². The van der Waals surface area contributed by atoms with Crippen LogP contribution in [0.1, 0.15) is 38.2 Å². The number of hydrogen-bond acceptors (Lipinski definition) is 4. The maximum atomic E-state index is 13.1. The summed E-state index contributed by atoms with van der Waals surface area (Å²) in [4.78, 5) is 23.3. The van der Waals surface area contributed by atoms with E-state index in [2.05, 4.69) is 0 Å². The zero-order valence-electron chi connectivity index (χ0n) is 12.3. The summed E-state index contributed by atoms with van der Waals surface area (Å²) in [5.41, 5.74) is 0.642. The van der Waals surface area contributed by atoms with E-state index in [4.69, 9.17) is 4.74 Å². The zero-order chi connectivity index (χ0) is 16.1. The highest BCUT2D eigenvalue weighted by molar-refractivity contribution is 5.99. The molecule has 1 aromatic rings. The Morgan fingerprint density at radius 3 is 2.50 bits per heavy atom. The summed E-state index contributed by atoms with van der Waals surface area (Å²) >= 11 is 0. The van der Waals surface area contributed by atoms with Crippen molar-refractivity contribution in [2.75, 3.05) is 0 Å². The van der Waals surface area contributed by atoms with Crippen molar-refractivity contribution < 1.29 is 18.8 Å². The predicted octanol–water partition coefficient (Wildman–Crippen LogP) is 3.19. The van der Waals surface area contributed by atoms with Gasteiger partial charge in [0.05, 0.1) is 10.5 Å². The minimum absolute atomic E-state index is 0.120.